The van der Waals surface area contributed by atoms with Crippen LogP contribution in [-0.4, -0.2) is 47.0 Å². The number of aryl methyl sites for hydroxylation is 1. The van der Waals surface area contributed by atoms with Gasteiger partial charge in [-0.1, -0.05) is 30.3 Å². The van der Waals surface area contributed by atoms with Crippen molar-refractivity contribution >= 4 is 5.96 Å². The Hall–Kier alpha value is -2.47. The Kier molecular flexibility index (Phi) is 6.17. The zero-order chi connectivity index (χ0) is 18.4. The number of aliphatic imine (C=N–C) groups is 1. The molecule has 1 saturated heterocycles. The summed E-state index contributed by atoms with van der Waals surface area (Å²) >= 11 is 0. The van der Waals surface area contributed by atoms with Crippen LogP contribution in [0.4, 0.5) is 0 Å². The third kappa shape index (κ3) is 4.79. The maximum Gasteiger partial charge on any atom is 0.191 e. The molecule has 0 radical (unpaired) electrons. The van der Waals surface area contributed by atoms with E-state index in [4.69, 9.17) is 0 Å². The van der Waals surface area contributed by atoms with Crippen LogP contribution in [0.2, 0.25) is 0 Å². The van der Waals surface area contributed by atoms with E-state index in [-0.39, 0.29) is 0 Å². The van der Waals surface area contributed by atoms with Gasteiger partial charge in [0.05, 0.1) is 12.2 Å². The minimum atomic E-state index is 0.402. The van der Waals surface area contributed by atoms with Crippen LogP contribution < -0.4 is 10.6 Å². The van der Waals surface area contributed by atoms with Gasteiger partial charge < -0.3 is 10.6 Å². The number of guanidine groups is 1. The van der Waals surface area contributed by atoms with Gasteiger partial charge in [0.25, 0.3) is 0 Å². The van der Waals surface area contributed by atoms with Crippen LogP contribution in [0.5, 0.6) is 0 Å². The highest BCUT2D eigenvalue weighted by atomic mass is 15.3. The summed E-state index contributed by atoms with van der Waals surface area (Å²) in [6, 6.07) is 13.5. The zero-order valence-electron chi connectivity index (χ0n) is 15.8. The molecule has 3 rings (SSSR count). The smallest absolute Gasteiger partial charge is 0.191 e. The van der Waals surface area contributed by atoms with Crippen LogP contribution in [0.25, 0.3) is 0 Å². The van der Waals surface area contributed by atoms with Gasteiger partial charge in [-0.05, 0) is 31.9 Å². The van der Waals surface area contributed by atoms with E-state index in [0.717, 1.165) is 37.0 Å². The van der Waals surface area contributed by atoms with E-state index in [1.165, 1.54) is 5.56 Å². The first-order valence-corrected chi connectivity index (χ1v) is 9.20. The van der Waals surface area contributed by atoms with Crippen molar-refractivity contribution in [1.82, 2.24) is 25.5 Å². The lowest BCUT2D eigenvalue weighted by molar-refractivity contribution is 0.258. The molecule has 0 bridgehead atoms. The summed E-state index contributed by atoms with van der Waals surface area (Å²) in [6.07, 6.45) is 2.90. The maximum absolute atomic E-state index is 4.42. The summed E-state index contributed by atoms with van der Waals surface area (Å²) in [5.74, 6) is 1.61. The lowest BCUT2D eigenvalue weighted by Gasteiger charge is -2.25. The van der Waals surface area contributed by atoms with Gasteiger partial charge in [-0.15, -0.1) is 0 Å². The second-order valence-electron chi connectivity index (χ2n) is 6.73. The highest BCUT2D eigenvalue weighted by Gasteiger charge is 2.27. The van der Waals surface area contributed by atoms with E-state index in [1.54, 1.807) is 13.2 Å². The summed E-state index contributed by atoms with van der Waals surface area (Å²) in [5, 5.41) is 6.89. The molecule has 1 aliphatic rings. The maximum atomic E-state index is 4.42. The predicted molar refractivity (Wildman–Crippen MR) is 105 cm³/mol. The molecule has 1 aliphatic heterocycles. The first kappa shape index (κ1) is 18.3. The molecule has 0 amide bonds. The van der Waals surface area contributed by atoms with Gasteiger partial charge in [-0.3, -0.25) is 9.89 Å². The van der Waals surface area contributed by atoms with Crippen LogP contribution in [0.1, 0.15) is 36.5 Å². The first-order valence-electron chi connectivity index (χ1n) is 9.20. The highest BCUT2D eigenvalue weighted by Crippen LogP contribution is 2.24. The van der Waals surface area contributed by atoms with Crippen LogP contribution in [0, 0.1) is 6.92 Å². The van der Waals surface area contributed by atoms with Crippen molar-refractivity contribution in [3.8, 4) is 0 Å². The zero-order valence-corrected chi connectivity index (χ0v) is 15.8. The Labute approximate surface area is 155 Å². The highest BCUT2D eigenvalue weighted by molar-refractivity contribution is 5.79. The normalized spacial score (nSPS) is 19.3. The molecule has 6 nitrogen and oxygen atoms in total. The minimum Gasteiger partial charge on any atom is -0.352 e. The van der Waals surface area contributed by atoms with Crippen molar-refractivity contribution < 1.29 is 0 Å². The summed E-state index contributed by atoms with van der Waals surface area (Å²) in [5.41, 5.74) is 2.33. The predicted octanol–water partition coefficient (Wildman–Crippen LogP) is 2.29. The van der Waals surface area contributed by atoms with Crippen LogP contribution >= 0.6 is 0 Å². The monoisotopic (exact) mass is 352 g/mol. The second-order valence-corrected chi connectivity index (χ2v) is 6.73. The summed E-state index contributed by atoms with van der Waals surface area (Å²) < 4.78 is 0. The SMILES string of the molecule is CN=C(NCc1ccnc(C)n1)NC1CCN(C(C)c2ccccc2)C1. The number of hydrogen-bond acceptors (Lipinski definition) is 4. The number of nitrogens with one attached hydrogen (secondary N) is 2. The third-order valence-electron chi connectivity index (χ3n) is 4.88. The van der Waals surface area contributed by atoms with Gasteiger partial charge in [0.15, 0.2) is 5.96 Å². The molecule has 1 aromatic heterocycles. The molecule has 2 atom stereocenters. The van der Waals surface area contributed by atoms with E-state index >= 15 is 0 Å². The lowest BCUT2D eigenvalue weighted by Crippen LogP contribution is -2.44. The van der Waals surface area contributed by atoms with Crippen LogP contribution in [0.15, 0.2) is 47.6 Å². The van der Waals surface area contributed by atoms with E-state index in [0.29, 0.717) is 18.6 Å². The number of hydrogen-bond donors (Lipinski definition) is 2. The van der Waals surface area contributed by atoms with Crippen molar-refractivity contribution in [3.05, 3.63) is 59.7 Å². The lowest BCUT2D eigenvalue weighted by atomic mass is 10.1. The Morgan fingerprint density at radius 1 is 1.31 bits per heavy atom. The van der Waals surface area contributed by atoms with Gasteiger partial charge in [-0.25, -0.2) is 9.97 Å². The van der Waals surface area contributed by atoms with E-state index < -0.39 is 0 Å². The molecule has 2 unspecified atom stereocenters. The molecule has 0 spiro atoms. The largest absolute Gasteiger partial charge is 0.352 e. The average Bonchev–Trinajstić information content (AvgIpc) is 3.14. The standard InChI is InChI=1S/C20H28N6/c1-15(17-7-5-4-6-8-17)26-12-10-19(14-26)25-20(21-3)23-13-18-9-11-22-16(2)24-18/h4-9,11,15,19H,10,12-14H2,1-3H3,(H2,21,23,25). The van der Waals surface area contributed by atoms with Gasteiger partial charge in [-0.2, -0.15) is 0 Å². The van der Waals surface area contributed by atoms with Crippen LogP contribution in [-0.2, 0) is 6.54 Å². The topological polar surface area (TPSA) is 65.4 Å². The van der Waals surface area contributed by atoms with E-state index in [2.05, 4.69) is 67.7 Å². The Morgan fingerprint density at radius 3 is 2.85 bits per heavy atom. The number of rotatable bonds is 5. The molecule has 2 heterocycles. The summed E-state index contributed by atoms with van der Waals surface area (Å²) in [6.45, 7) is 6.93. The van der Waals surface area contributed by atoms with E-state index in [9.17, 15) is 0 Å². The Balaban J connectivity index is 1.50. The van der Waals surface area contributed by atoms with Gasteiger partial charge in [0.2, 0.25) is 0 Å². The molecule has 2 N–H and O–H groups in total. The summed E-state index contributed by atoms with van der Waals surface area (Å²) in [4.78, 5) is 15.4. The molecular formula is C20H28N6. The van der Waals surface area contributed by atoms with Gasteiger partial charge in [0.1, 0.15) is 5.82 Å². The van der Waals surface area contributed by atoms with Crippen LogP contribution in [0.3, 0.4) is 0 Å². The first-order chi connectivity index (χ1) is 12.7. The van der Waals surface area contributed by atoms with Crippen molar-refractivity contribution in [3.63, 3.8) is 0 Å². The Morgan fingerprint density at radius 2 is 2.12 bits per heavy atom. The van der Waals surface area contributed by atoms with Crippen molar-refractivity contribution in [2.45, 2.75) is 38.9 Å². The molecule has 2 aromatic rings. The number of likely N-dealkylation sites (tertiary alicyclic amines) is 1. The molecular weight excluding hydrogens is 324 g/mol. The molecule has 0 saturated carbocycles. The molecule has 0 aliphatic carbocycles. The van der Waals surface area contributed by atoms with Gasteiger partial charge in [0, 0.05) is 38.4 Å². The third-order valence-corrected chi connectivity index (χ3v) is 4.88. The number of benzene rings is 1. The second kappa shape index (κ2) is 8.76. The fourth-order valence-electron chi connectivity index (χ4n) is 3.37. The molecule has 26 heavy (non-hydrogen) atoms. The quantitative estimate of drug-likeness (QED) is 0.638. The minimum absolute atomic E-state index is 0.402. The number of aromatic nitrogens is 2. The molecule has 138 valence electrons. The molecule has 1 aromatic carbocycles. The van der Waals surface area contributed by atoms with Gasteiger partial charge >= 0.3 is 0 Å². The summed E-state index contributed by atoms with van der Waals surface area (Å²) in [7, 11) is 1.81. The fourth-order valence-corrected chi connectivity index (χ4v) is 3.37. The number of nitrogens with zero attached hydrogens (tertiary/aromatic N) is 4. The Bertz CT molecular complexity index is 730. The van der Waals surface area contributed by atoms with Crippen molar-refractivity contribution in [1.29, 1.82) is 0 Å². The van der Waals surface area contributed by atoms with E-state index in [1.807, 2.05) is 13.0 Å². The fraction of sp³-hybridized carbons (Fsp3) is 0.450. The molecule has 1 fully saturated rings. The van der Waals surface area contributed by atoms with Crippen molar-refractivity contribution in [2.24, 2.45) is 4.99 Å². The van der Waals surface area contributed by atoms with Crippen molar-refractivity contribution in [2.75, 3.05) is 20.1 Å². The molecule has 6 heteroatoms. The average molecular weight is 352 g/mol.